The van der Waals surface area contributed by atoms with Gasteiger partial charge in [-0.2, -0.15) is 13.2 Å². The number of ether oxygens (including phenoxy) is 1. The molecule has 1 aromatic heterocycles. The third-order valence-corrected chi connectivity index (χ3v) is 6.48. The lowest BCUT2D eigenvalue weighted by Crippen LogP contribution is -2.48. The zero-order chi connectivity index (χ0) is 27.0. The van der Waals surface area contributed by atoms with E-state index in [0.29, 0.717) is 25.3 Å². The highest BCUT2D eigenvalue weighted by atomic mass is 19.4. The van der Waals surface area contributed by atoms with Gasteiger partial charge in [-0.3, -0.25) is 14.6 Å². The maximum absolute atomic E-state index is 13.5. The largest absolute Gasteiger partial charge is 0.494 e. The minimum absolute atomic E-state index is 0.101. The quantitative estimate of drug-likeness (QED) is 0.379. The van der Waals surface area contributed by atoms with Crippen molar-refractivity contribution in [2.24, 2.45) is 0 Å². The van der Waals surface area contributed by atoms with Gasteiger partial charge in [0.05, 0.1) is 12.2 Å². The summed E-state index contributed by atoms with van der Waals surface area (Å²) in [7, 11) is 0. The molecule has 1 fully saturated rings. The van der Waals surface area contributed by atoms with Gasteiger partial charge in [0.1, 0.15) is 11.8 Å². The molecule has 1 aliphatic heterocycles. The molecule has 1 aliphatic rings. The predicted molar refractivity (Wildman–Crippen MR) is 136 cm³/mol. The molecule has 0 aliphatic carbocycles. The second-order valence-electron chi connectivity index (χ2n) is 9.27. The number of rotatable bonds is 9. The molecule has 3 aromatic rings. The molecule has 0 radical (unpaired) electrons. The maximum atomic E-state index is 13.5. The first kappa shape index (κ1) is 27.2. The molecule has 2 heterocycles. The Hall–Kier alpha value is -3.88. The lowest BCUT2D eigenvalue weighted by atomic mass is 10.0. The molecule has 1 N–H and O–H groups in total. The highest BCUT2D eigenvalue weighted by molar-refractivity contribution is 5.97. The van der Waals surface area contributed by atoms with E-state index in [1.807, 2.05) is 42.6 Å². The summed E-state index contributed by atoms with van der Waals surface area (Å²) in [6.45, 7) is 1.21. The highest BCUT2D eigenvalue weighted by Crippen LogP contribution is 2.29. The number of aryl methyl sites for hydroxylation is 1. The summed E-state index contributed by atoms with van der Waals surface area (Å²) in [6, 6.07) is 14.6. The minimum Gasteiger partial charge on any atom is -0.494 e. The van der Waals surface area contributed by atoms with Gasteiger partial charge < -0.3 is 15.0 Å². The third-order valence-electron chi connectivity index (χ3n) is 6.48. The Morgan fingerprint density at radius 2 is 1.79 bits per heavy atom. The van der Waals surface area contributed by atoms with Crippen molar-refractivity contribution in [3.63, 3.8) is 0 Å². The number of carbonyl (C=O) groups is 2. The van der Waals surface area contributed by atoms with E-state index in [0.717, 1.165) is 61.1 Å². The molecule has 2 amide bonds. The van der Waals surface area contributed by atoms with Crippen molar-refractivity contribution in [2.45, 2.75) is 50.9 Å². The molecule has 1 atom stereocenters. The smallest absolute Gasteiger partial charge is 0.416 e. The Kier molecular flexibility index (Phi) is 8.99. The monoisotopic (exact) mass is 525 g/mol. The van der Waals surface area contributed by atoms with Crippen molar-refractivity contribution < 1.29 is 27.5 Å². The fourth-order valence-corrected chi connectivity index (χ4v) is 4.41. The van der Waals surface area contributed by atoms with Crippen LogP contribution in [0, 0.1) is 0 Å². The van der Waals surface area contributed by atoms with Crippen LogP contribution in [0.5, 0.6) is 5.75 Å². The van der Waals surface area contributed by atoms with E-state index in [9.17, 15) is 22.8 Å². The number of hydrogen-bond donors (Lipinski definition) is 1. The van der Waals surface area contributed by atoms with Gasteiger partial charge in [-0.15, -0.1) is 0 Å². The number of nitrogens with one attached hydrogen (secondary N) is 1. The first-order valence-electron chi connectivity index (χ1n) is 12.7. The lowest BCUT2D eigenvalue weighted by molar-refractivity contribution is -0.137. The first-order chi connectivity index (χ1) is 18.3. The van der Waals surface area contributed by atoms with Crippen LogP contribution >= 0.6 is 0 Å². The Balaban J connectivity index is 1.44. The number of alkyl halides is 3. The van der Waals surface area contributed by atoms with Crippen LogP contribution < -0.4 is 10.1 Å². The average molecular weight is 526 g/mol. The van der Waals surface area contributed by atoms with Crippen LogP contribution in [-0.4, -0.2) is 40.9 Å². The zero-order valence-corrected chi connectivity index (χ0v) is 20.9. The van der Waals surface area contributed by atoms with Gasteiger partial charge in [0, 0.05) is 31.0 Å². The van der Waals surface area contributed by atoms with E-state index in [1.54, 1.807) is 6.20 Å². The van der Waals surface area contributed by atoms with Crippen molar-refractivity contribution in [1.29, 1.82) is 0 Å². The van der Waals surface area contributed by atoms with E-state index in [2.05, 4.69) is 10.3 Å². The van der Waals surface area contributed by atoms with E-state index >= 15 is 0 Å². The number of aromatic nitrogens is 1. The van der Waals surface area contributed by atoms with Crippen molar-refractivity contribution in [3.05, 3.63) is 95.3 Å². The number of amides is 2. The standard InChI is InChI=1S/C29H30F3N3O3/c30-29(31,32)24-12-10-23(11-13-24)28(37)35(26-7-1-2-17-34-27(26)36)20-22-8-14-25(15-9-22)38-18-4-6-21-5-3-16-33-19-21/h3,5,8-16,19,26H,1-2,4,6-7,17-18,20H2,(H,34,36)/t26-/m0/s1. The van der Waals surface area contributed by atoms with E-state index < -0.39 is 23.7 Å². The second-order valence-corrected chi connectivity index (χ2v) is 9.27. The topological polar surface area (TPSA) is 71.5 Å². The Morgan fingerprint density at radius 3 is 2.47 bits per heavy atom. The number of benzene rings is 2. The molecule has 6 nitrogen and oxygen atoms in total. The van der Waals surface area contributed by atoms with Gasteiger partial charge in [-0.05, 0) is 85.7 Å². The van der Waals surface area contributed by atoms with Gasteiger partial charge in [0.2, 0.25) is 5.91 Å². The number of pyridine rings is 1. The number of halogens is 3. The van der Waals surface area contributed by atoms with Crippen LogP contribution in [0.4, 0.5) is 13.2 Å². The molecular formula is C29H30F3N3O3. The molecular weight excluding hydrogens is 495 g/mol. The summed E-state index contributed by atoms with van der Waals surface area (Å²) in [5, 5.41) is 2.84. The number of hydrogen-bond acceptors (Lipinski definition) is 4. The molecule has 0 bridgehead atoms. The summed E-state index contributed by atoms with van der Waals surface area (Å²) in [6.07, 6.45) is 2.81. The molecule has 1 saturated heterocycles. The summed E-state index contributed by atoms with van der Waals surface area (Å²) < 4.78 is 44.8. The molecule has 200 valence electrons. The molecule has 4 rings (SSSR count). The Morgan fingerprint density at radius 1 is 1.03 bits per heavy atom. The first-order valence-corrected chi connectivity index (χ1v) is 12.7. The van der Waals surface area contributed by atoms with E-state index in [4.69, 9.17) is 4.74 Å². The molecule has 38 heavy (non-hydrogen) atoms. The summed E-state index contributed by atoms with van der Waals surface area (Å²) >= 11 is 0. The normalized spacial score (nSPS) is 15.9. The van der Waals surface area contributed by atoms with Crippen LogP contribution in [0.1, 0.15) is 52.7 Å². The van der Waals surface area contributed by atoms with Crippen LogP contribution in [-0.2, 0) is 23.9 Å². The van der Waals surface area contributed by atoms with Crippen molar-refractivity contribution >= 4 is 11.8 Å². The van der Waals surface area contributed by atoms with Gasteiger partial charge >= 0.3 is 6.18 Å². The van der Waals surface area contributed by atoms with Crippen molar-refractivity contribution in [3.8, 4) is 5.75 Å². The highest BCUT2D eigenvalue weighted by Gasteiger charge is 2.33. The fourth-order valence-electron chi connectivity index (χ4n) is 4.41. The van der Waals surface area contributed by atoms with Crippen LogP contribution in [0.3, 0.4) is 0 Å². The summed E-state index contributed by atoms with van der Waals surface area (Å²) in [5.74, 6) is -0.0550. The Bertz CT molecular complexity index is 1200. The van der Waals surface area contributed by atoms with Crippen LogP contribution in [0.2, 0.25) is 0 Å². The van der Waals surface area contributed by atoms with Gasteiger partial charge in [-0.25, -0.2) is 0 Å². The summed E-state index contributed by atoms with van der Waals surface area (Å²) in [4.78, 5) is 31.8. The van der Waals surface area contributed by atoms with E-state index in [1.165, 1.54) is 4.90 Å². The predicted octanol–water partition coefficient (Wildman–Crippen LogP) is 5.42. The van der Waals surface area contributed by atoms with Crippen molar-refractivity contribution in [1.82, 2.24) is 15.2 Å². The summed E-state index contributed by atoms with van der Waals surface area (Å²) in [5.41, 5.74) is 1.20. The second kappa shape index (κ2) is 12.6. The van der Waals surface area contributed by atoms with Gasteiger partial charge in [-0.1, -0.05) is 18.2 Å². The molecule has 0 unspecified atom stereocenters. The number of nitrogens with zero attached hydrogens (tertiary/aromatic N) is 2. The SMILES string of the molecule is O=C1NCCCC[C@@H]1N(Cc1ccc(OCCCc2cccnc2)cc1)C(=O)c1ccc(C(F)(F)F)cc1. The van der Waals surface area contributed by atoms with Crippen LogP contribution in [0.15, 0.2) is 73.1 Å². The molecule has 9 heteroatoms. The molecule has 0 spiro atoms. The number of carbonyl (C=O) groups excluding carboxylic acids is 2. The van der Waals surface area contributed by atoms with Crippen LogP contribution in [0.25, 0.3) is 0 Å². The minimum atomic E-state index is -4.50. The maximum Gasteiger partial charge on any atom is 0.416 e. The van der Waals surface area contributed by atoms with E-state index in [-0.39, 0.29) is 18.0 Å². The van der Waals surface area contributed by atoms with Crippen molar-refractivity contribution in [2.75, 3.05) is 13.2 Å². The van der Waals surface area contributed by atoms with Gasteiger partial charge in [0.25, 0.3) is 5.91 Å². The Labute approximate surface area is 219 Å². The lowest BCUT2D eigenvalue weighted by Gasteiger charge is -2.30. The fraction of sp³-hybridized carbons (Fsp3) is 0.345. The third kappa shape index (κ3) is 7.34. The average Bonchev–Trinajstić information content (AvgIpc) is 3.14. The van der Waals surface area contributed by atoms with Gasteiger partial charge in [0.15, 0.2) is 0 Å². The zero-order valence-electron chi connectivity index (χ0n) is 20.9. The molecule has 0 saturated carbocycles. The molecule has 2 aromatic carbocycles.